The van der Waals surface area contributed by atoms with Crippen LogP contribution in [0.5, 0.6) is 0 Å². The Labute approximate surface area is 126 Å². The van der Waals surface area contributed by atoms with Gasteiger partial charge in [-0.25, -0.2) is 9.18 Å². The topological polar surface area (TPSA) is 92.9 Å². The number of benzene rings is 1. The molecule has 1 unspecified atom stereocenters. The Balaban J connectivity index is 2.03. The largest absolute Gasteiger partial charge is 0.467 e. The Morgan fingerprint density at radius 2 is 2.14 bits per heavy atom. The minimum absolute atomic E-state index is 0.232. The summed E-state index contributed by atoms with van der Waals surface area (Å²) in [4.78, 5) is 23.0. The second-order valence-corrected chi connectivity index (χ2v) is 5.19. The fourth-order valence-corrected chi connectivity index (χ4v) is 2.64. The van der Waals surface area contributed by atoms with Crippen molar-refractivity contribution < 1.29 is 24.0 Å². The van der Waals surface area contributed by atoms with E-state index < -0.39 is 22.8 Å². The van der Waals surface area contributed by atoms with Gasteiger partial charge < -0.3 is 14.7 Å². The van der Waals surface area contributed by atoms with E-state index in [-0.39, 0.29) is 17.3 Å². The molecule has 1 atom stereocenters. The monoisotopic (exact) mass is 312 g/mol. The SMILES string of the molecule is COC(=O)C(O)C1CCN(c2ccc([N+](=O)[O-])cc2F)CC1. The molecule has 0 aromatic heterocycles. The Hall–Kier alpha value is -2.22. The maximum absolute atomic E-state index is 14.0. The molecular formula is C14H17FN2O5. The van der Waals surface area contributed by atoms with Gasteiger partial charge in [-0.1, -0.05) is 0 Å². The van der Waals surface area contributed by atoms with Crippen LogP contribution in [0, 0.1) is 21.8 Å². The Morgan fingerprint density at radius 3 is 2.64 bits per heavy atom. The zero-order valence-electron chi connectivity index (χ0n) is 12.1. The smallest absolute Gasteiger partial charge is 0.334 e. The molecule has 2 rings (SSSR count). The molecule has 1 N–H and O–H groups in total. The molecule has 0 spiro atoms. The molecular weight excluding hydrogens is 295 g/mol. The van der Waals surface area contributed by atoms with Gasteiger partial charge in [-0.05, 0) is 24.8 Å². The first-order valence-electron chi connectivity index (χ1n) is 6.89. The number of carbonyl (C=O) groups excluding carboxylic acids is 1. The fourth-order valence-electron chi connectivity index (χ4n) is 2.64. The molecule has 0 saturated carbocycles. The Morgan fingerprint density at radius 1 is 1.50 bits per heavy atom. The van der Waals surface area contributed by atoms with E-state index >= 15 is 0 Å². The lowest BCUT2D eigenvalue weighted by Gasteiger charge is -2.34. The van der Waals surface area contributed by atoms with E-state index in [9.17, 15) is 24.4 Å². The summed E-state index contributed by atoms with van der Waals surface area (Å²) in [5.41, 5.74) is -0.00569. The first-order chi connectivity index (χ1) is 10.4. The predicted octanol–water partition coefficient (Wildman–Crippen LogP) is 1.48. The van der Waals surface area contributed by atoms with Crippen LogP contribution >= 0.6 is 0 Å². The van der Waals surface area contributed by atoms with Crippen LogP contribution in [-0.2, 0) is 9.53 Å². The molecule has 0 aliphatic carbocycles. The first-order valence-corrected chi connectivity index (χ1v) is 6.89. The van der Waals surface area contributed by atoms with Crippen molar-refractivity contribution in [2.75, 3.05) is 25.1 Å². The van der Waals surface area contributed by atoms with Crippen molar-refractivity contribution in [2.45, 2.75) is 18.9 Å². The zero-order chi connectivity index (χ0) is 16.3. The normalized spacial score (nSPS) is 17.1. The van der Waals surface area contributed by atoms with Crippen LogP contribution in [0.15, 0.2) is 18.2 Å². The number of nitro benzene ring substituents is 1. The summed E-state index contributed by atoms with van der Waals surface area (Å²) in [6.45, 7) is 0.904. The number of carbonyl (C=O) groups is 1. The summed E-state index contributed by atoms with van der Waals surface area (Å²) in [5, 5.41) is 20.4. The molecule has 1 saturated heterocycles. The number of aliphatic hydroxyl groups excluding tert-OH is 1. The molecule has 0 bridgehead atoms. The highest BCUT2D eigenvalue weighted by Crippen LogP contribution is 2.29. The van der Waals surface area contributed by atoms with Gasteiger partial charge in [-0.2, -0.15) is 0 Å². The van der Waals surface area contributed by atoms with Crippen molar-refractivity contribution in [2.24, 2.45) is 5.92 Å². The molecule has 22 heavy (non-hydrogen) atoms. The maximum atomic E-state index is 14.0. The van der Waals surface area contributed by atoms with Crippen molar-refractivity contribution >= 4 is 17.3 Å². The second kappa shape index (κ2) is 6.69. The van der Waals surface area contributed by atoms with Crippen LogP contribution in [0.25, 0.3) is 0 Å². The zero-order valence-corrected chi connectivity index (χ0v) is 12.1. The van der Waals surface area contributed by atoms with E-state index in [2.05, 4.69) is 4.74 Å². The minimum atomic E-state index is -1.17. The van der Waals surface area contributed by atoms with Crippen molar-refractivity contribution in [3.8, 4) is 0 Å². The number of aliphatic hydroxyl groups is 1. The Bertz CT molecular complexity index is 572. The number of piperidine rings is 1. The van der Waals surface area contributed by atoms with Gasteiger partial charge >= 0.3 is 5.97 Å². The molecule has 1 aromatic carbocycles. The number of hydrogen-bond donors (Lipinski definition) is 1. The summed E-state index contributed by atoms with van der Waals surface area (Å²) >= 11 is 0. The van der Waals surface area contributed by atoms with E-state index in [1.807, 2.05) is 0 Å². The highest BCUT2D eigenvalue weighted by atomic mass is 19.1. The van der Waals surface area contributed by atoms with E-state index in [4.69, 9.17) is 0 Å². The summed E-state index contributed by atoms with van der Waals surface area (Å²) in [7, 11) is 1.22. The second-order valence-electron chi connectivity index (χ2n) is 5.19. The molecule has 120 valence electrons. The lowest BCUT2D eigenvalue weighted by atomic mass is 9.91. The quantitative estimate of drug-likeness (QED) is 0.514. The number of anilines is 1. The molecule has 8 heteroatoms. The molecule has 1 aliphatic rings. The molecule has 0 amide bonds. The number of hydrogen-bond acceptors (Lipinski definition) is 6. The van der Waals surface area contributed by atoms with Gasteiger partial charge in [0.25, 0.3) is 5.69 Å². The van der Waals surface area contributed by atoms with Crippen LogP contribution in [0.4, 0.5) is 15.8 Å². The third-order valence-electron chi connectivity index (χ3n) is 3.91. The number of rotatable bonds is 4. The molecule has 1 aliphatic heterocycles. The van der Waals surface area contributed by atoms with E-state index in [1.165, 1.54) is 19.2 Å². The maximum Gasteiger partial charge on any atom is 0.334 e. The number of methoxy groups -OCH3 is 1. The van der Waals surface area contributed by atoms with Crippen molar-refractivity contribution in [1.29, 1.82) is 0 Å². The van der Waals surface area contributed by atoms with Gasteiger partial charge in [0.1, 0.15) is 0 Å². The summed E-state index contributed by atoms with van der Waals surface area (Å²) in [5.74, 6) is -1.55. The lowest BCUT2D eigenvalue weighted by Crippen LogP contribution is -2.41. The van der Waals surface area contributed by atoms with E-state index in [1.54, 1.807) is 4.90 Å². The number of nitrogens with zero attached hydrogens (tertiary/aromatic N) is 2. The summed E-state index contributed by atoms with van der Waals surface area (Å²) in [6, 6.07) is 3.53. The Kier molecular flexibility index (Phi) is 4.92. The van der Waals surface area contributed by atoms with Gasteiger partial charge in [0, 0.05) is 19.2 Å². The standard InChI is InChI=1S/C14H17FN2O5/c1-22-14(19)13(18)9-4-6-16(7-5-9)12-3-2-10(17(20)21)8-11(12)15/h2-3,8-9,13,18H,4-7H2,1H3. The van der Waals surface area contributed by atoms with Crippen LogP contribution in [-0.4, -0.2) is 42.3 Å². The van der Waals surface area contributed by atoms with Crippen LogP contribution in [0.2, 0.25) is 0 Å². The van der Waals surface area contributed by atoms with Crippen molar-refractivity contribution in [3.63, 3.8) is 0 Å². The minimum Gasteiger partial charge on any atom is -0.467 e. The lowest BCUT2D eigenvalue weighted by molar-refractivity contribution is -0.385. The molecule has 1 heterocycles. The van der Waals surface area contributed by atoms with Gasteiger partial charge in [-0.15, -0.1) is 0 Å². The molecule has 0 radical (unpaired) electrons. The third kappa shape index (κ3) is 3.33. The van der Waals surface area contributed by atoms with Crippen LogP contribution < -0.4 is 4.90 Å². The number of ether oxygens (including phenoxy) is 1. The van der Waals surface area contributed by atoms with Crippen molar-refractivity contribution in [3.05, 3.63) is 34.1 Å². The highest BCUT2D eigenvalue weighted by Gasteiger charge is 2.31. The third-order valence-corrected chi connectivity index (χ3v) is 3.91. The average molecular weight is 312 g/mol. The number of halogens is 1. The summed E-state index contributed by atoms with van der Waals surface area (Å²) < 4.78 is 18.5. The van der Waals surface area contributed by atoms with Crippen LogP contribution in [0.3, 0.4) is 0 Å². The molecule has 1 aromatic rings. The van der Waals surface area contributed by atoms with E-state index in [0.29, 0.717) is 25.9 Å². The van der Waals surface area contributed by atoms with Gasteiger partial charge in [-0.3, -0.25) is 10.1 Å². The summed E-state index contributed by atoms with van der Waals surface area (Å²) in [6.07, 6.45) is -0.159. The highest BCUT2D eigenvalue weighted by molar-refractivity contribution is 5.74. The first kappa shape index (κ1) is 16.2. The van der Waals surface area contributed by atoms with E-state index in [0.717, 1.165) is 6.07 Å². The van der Waals surface area contributed by atoms with Gasteiger partial charge in [0.05, 0.1) is 23.8 Å². The average Bonchev–Trinajstić information content (AvgIpc) is 2.53. The van der Waals surface area contributed by atoms with Crippen LogP contribution in [0.1, 0.15) is 12.8 Å². The number of non-ortho nitro benzene ring substituents is 1. The number of nitro groups is 1. The predicted molar refractivity (Wildman–Crippen MR) is 76.0 cm³/mol. The molecule has 7 nitrogen and oxygen atoms in total. The van der Waals surface area contributed by atoms with Crippen molar-refractivity contribution in [1.82, 2.24) is 0 Å². The molecule has 1 fully saturated rings. The fraction of sp³-hybridized carbons (Fsp3) is 0.500. The van der Waals surface area contributed by atoms with Gasteiger partial charge in [0.2, 0.25) is 0 Å². The van der Waals surface area contributed by atoms with Gasteiger partial charge in [0.15, 0.2) is 11.9 Å². The number of esters is 1.